The van der Waals surface area contributed by atoms with Gasteiger partial charge in [-0.25, -0.2) is 0 Å². The number of amides is 1. The van der Waals surface area contributed by atoms with E-state index in [1.165, 1.54) is 5.56 Å². The lowest BCUT2D eigenvalue weighted by Gasteiger charge is -2.18. The molecule has 0 saturated carbocycles. The van der Waals surface area contributed by atoms with Crippen molar-refractivity contribution < 1.29 is 4.79 Å². The molecule has 1 amide bonds. The zero-order chi connectivity index (χ0) is 15.2. The second kappa shape index (κ2) is 6.93. The fraction of sp³-hybridized carbons (Fsp3) is 0.278. The summed E-state index contributed by atoms with van der Waals surface area (Å²) in [5.41, 5.74) is 4.11. The summed E-state index contributed by atoms with van der Waals surface area (Å²) in [5, 5.41) is 3.22. The molecule has 3 nitrogen and oxygen atoms in total. The van der Waals surface area contributed by atoms with Gasteiger partial charge in [0.1, 0.15) is 0 Å². The predicted molar refractivity (Wildman–Crippen MR) is 87.6 cm³/mol. The Balaban J connectivity index is 2.04. The van der Waals surface area contributed by atoms with Crippen LogP contribution in [0.15, 0.2) is 48.5 Å². The van der Waals surface area contributed by atoms with E-state index in [9.17, 15) is 4.79 Å². The number of carbonyl (C=O) groups is 1. The van der Waals surface area contributed by atoms with Crippen LogP contribution in [0.1, 0.15) is 28.4 Å². The number of aryl methyl sites for hydroxylation is 1. The molecule has 0 aromatic heterocycles. The molecule has 0 bridgehead atoms. The monoisotopic (exact) mass is 282 g/mol. The maximum absolute atomic E-state index is 12.4. The molecule has 0 aliphatic heterocycles. The van der Waals surface area contributed by atoms with Crippen LogP contribution in [-0.2, 0) is 6.54 Å². The normalized spacial score (nSPS) is 10.2. The van der Waals surface area contributed by atoms with Gasteiger partial charge >= 0.3 is 0 Å². The Kier molecular flexibility index (Phi) is 4.99. The van der Waals surface area contributed by atoms with E-state index in [1.54, 1.807) is 4.90 Å². The van der Waals surface area contributed by atoms with Crippen molar-refractivity contribution in [1.82, 2.24) is 4.90 Å². The number of hydrogen-bond donors (Lipinski definition) is 1. The molecular weight excluding hydrogens is 260 g/mol. The third-order valence-corrected chi connectivity index (χ3v) is 3.36. The van der Waals surface area contributed by atoms with Gasteiger partial charge in [-0.2, -0.15) is 0 Å². The third-order valence-electron chi connectivity index (χ3n) is 3.36. The van der Waals surface area contributed by atoms with Gasteiger partial charge in [-0.05, 0) is 43.7 Å². The predicted octanol–water partition coefficient (Wildman–Crippen LogP) is 3.70. The van der Waals surface area contributed by atoms with Crippen molar-refractivity contribution in [2.75, 3.05) is 18.9 Å². The molecule has 0 aliphatic rings. The van der Waals surface area contributed by atoms with Crippen molar-refractivity contribution in [3.63, 3.8) is 0 Å². The maximum Gasteiger partial charge on any atom is 0.253 e. The highest BCUT2D eigenvalue weighted by molar-refractivity contribution is 5.94. The summed E-state index contributed by atoms with van der Waals surface area (Å²) in [6.07, 6.45) is 0. The van der Waals surface area contributed by atoms with Crippen molar-refractivity contribution in [3.05, 3.63) is 65.2 Å². The standard InChI is InChI=1S/C18H22N2O/c1-4-19-17-10-8-16(9-11-17)18(21)20(3)13-15-7-5-6-14(2)12-15/h5-12,19H,4,13H2,1-3H3. The molecule has 0 fully saturated rings. The summed E-state index contributed by atoms with van der Waals surface area (Å²) >= 11 is 0. The van der Waals surface area contributed by atoms with Gasteiger partial charge in [-0.3, -0.25) is 4.79 Å². The quantitative estimate of drug-likeness (QED) is 0.907. The molecule has 0 saturated heterocycles. The number of hydrogen-bond acceptors (Lipinski definition) is 2. The van der Waals surface area contributed by atoms with E-state index in [-0.39, 0.29) is 5.91 Å². The van der Waals surface area contributed by atoms with Gasteiger partial charge in [0.2, 0.25) is 0 Å². The summed E-state index contributed by atoms with van der Waals surface area (Å²) in [6.45, 7) is 5.61. The lowest BCUT2D eigenvalue weighted by atomic mass is 10.1. The SMILES string of the molecule is CCNc1ccc(C(=O)N(C)Cc2cccc(C)c2)cc1. The third kappa shape index (κ3) is 4.09. The smallest absolute Gasteiger partial charge is 0.253 e. The van der Waals surface area contributed by atoms with Crippen LogP contribution in [-0.4, -0.2) is 24.4 Å². The van der Waals surface area contributed by atoms with Gasteiger partial charge in [-0.15, -0.1) is 0 Å². The van der Waals surface area contributed by atoms with Crippen LogP contribution in [0.25, 0.3) is 0 Å². The lowest BCUT2D eigenvalue weighted by Crippen LogP contribution is -2.26. The van der Waals surface area contributed by atoms with Gasteiger partial charge in [0, 0.05) is 31.4 Å². The van der Waals surface area contributed by atoms with Crippen LogP contribution < -0.4 is 5.32 Å². The Bertz CT molecular complexity index is 605. The van der Waals surface area contributed by atoms with E-state index in [0.29, 0.717) is 12.1 Å². The first-order valence-electron chi connectivity index (χ1n) is 7.25. The maximum atomic E-state index is 12.4. The van der Waals surface area contributed by atoms with Gasteiger partial charge in [-0.1, -0.05) is 29.8 Å². The fourth-order valence-corrected chi connectivity index (χ4v) is 2.31. The fourth-order valence-electron chi connectivity index (χ4n) is 2.31. The molecule has 2 rings (SSSR count). The summed E-state index contributed by atoms with van der Waals surface area (Å²) in [5.74, 6) is 0.0413. The van der Waals surface area contributed by atoms with Crippen molar-refractivity contribution in [2.45, 2.75) is 20.4 Å². The number of anilines is 1. The summed E-state index contributed by atoms with van der Waals surface area (Å²) in [6, 6.07) is 15.9. The van der Waals surface area contributed by atoms with Crippen LogP contribution in [0.4, 0.5) is 5.69 Å². The highest BCUT2D eigenvalue weighted by atomic mass is 16.2. The second-order valence-electron chi connectivity index (χ2n) is 5.26. The lowest BCUT2D eigenvalue weighted by molar-refractivity contribution is 0.0785. The highest BCUT2D eigenvalue weighted by Crippen LogP contribution is 2.13. The number of nitrogens with zero attached hydrogens (tertiary/aromatic N) is 1. The summed E-state index contributed by atoms with van der Waals surface area (Å²) in [4.78, 5) is 14.2. The van der Waals surface area contributed by atoms with Crippen LogP contribution in [0.5, 0.6) is 0 Å². The van der Waals surface area contributed by atoms with E-state index in [2.05, 4.69) is 31.3 Å². The molecule has 3 heteroatoms. The Hall–Kier alpha value is -2.29. The summed E-state index contributed by atoms with van der Waals surface area (Å²) < 4.78 is 0. The van der Waals surface area contributed by atoms with Crippen LogP contribution in [0.2, 0.25) is 0 Å². The molecule has 2 aromatic carbocycles. The molecule has 0 spiro atoms. The Labute approximate surface area is 126 Å². The first-order chi connectivity index (χ1) is 10.1. The van der Waals surface area contributed by atoms with Crippen molar-refractivity contribution in [2.24, 2.45) is 0 Å². The van der Waals surface area contributed by atoms with E-state index >= 15 is 0 Å². The zero-order valence-electron chi connectivity index (χ0n) is 12.9. The molecule has 0 aliphatic carbocycles. The van der Waals surface area contributed by atoms with E-state index in [0.717, 1.165) is 17.8 Å². The highest BCUT2D eigenvalue weighted by Gasteiger charge is 2.11. The Morgan fingerprint density at radius 2 is 1.86 bits per heavy atom. The van der Waals surface area contributed by atoms with Crippen molar-refractivity contribution in [1.29, 1.82) is 0 Å². The van der Waals surface area contributed by atoms with Gasteiger partial charge in [0.15, 0.2) is 0 Å². The average molecular weight is 282 g/mol. The topological polar surface area (TPSA) is 32.3 Å². The van der Waals surface area contributed by atoms with Crippen molar-refractivity contribution >= 4 is 11.6 Å². The molecule has 0 atom stereocenters. The largest absolute Gasteiger partial charge is 0.385 e. The second-order valence-corrected chi connectivity index (χ2v) is 5.26. The molecule has 110 valence electrons. The minimum Gasteiger partial charge on any atom is -0.385 e. The Morgan fingerprint density at radius 3 is 2.48 bits per heavy atom. The molecule has 0 radical (unpaired) electrons. The number of benzene rings is 2. The van der Waals surface area contributed by atoms with E-state index in [4.69, 9.17) is 0 Å². The number of rotatable bonds is 5. The first-order valence-corrected chi connectivity index (χ1v) is 7.25. The number of nitrogens with one attached hydrogen (secondary N) is 1. The first kappa shape index (κ1) is 15.1. The minimum absolute atomic E-state index is 0.0413. The van der Waals surface area contributed by atoms with Gasteiger partial charge < -0.3 is 10.2 Å². The molecule has 21 heavy (non-hydrogen) atoms. The molecule has 2 aromatic rings. The molecule has 0 unspecified atom stereocenters. The zero-order valence-corrected chi connectivity index (χ0v) is 12.9. The minimum atomic E-state index is 0.0413. The van der Waals surface area contributed by atoms with Crippen LogP contribution in [0.3, 0.4) is 0 Å². The van der Waals surface area contributed by atoms with Crippen molar-refractivity contribution in [3.8, 4) is 0 Å². The van der Waals surface area contributed by atoms with E-state index in [1.807, 2.05) is 43.4 Å². The average Bonchev–Trinajstić information content (AvgIpc) is 2.47. The van der Waals surface area contributed by atoms with E-state index < -0.39 is 0 Å². The van der Waals surface area contributed by atoms with Crippen LogP contribution in [0, 0.1) is 6.92 Å². The Morgan fingerprint density at radius 1 is 1.14 bits per heavy atom. The number of carbonyl (C=O) groups excluding carboxylic acids is 1. The van der Waals surface area contributed by atoms with Gasteiger partial charge in [0.25, 0.3) is 5.91 Å². The molecule has 0 heterocycles. The molecular formula is C18H22N2O. The van der Waals surface area contributed by atoms with Crippen LogP contribution >= 0.6 is 0 Å². The van der Waals surface area contributed by atoms with Gasteiger partial charge in [0.05, 0.1) is 0 Å². The molecule has 1 N–H and O–H groups in total. The summed E-state index contributed by atoms with van der Waals surface area (Å²) in [7, 11) is 1.84.